The van der Waals surface area contributed by atoms with Crippen molar-refractivity contribution in [3.8, 4) is 47.0 Å². The monoisotopic (exact) mass is 659 g/mol. The summed E-state index contributed by atoms with van der Waals surface area (Å²) < 4.78 is 62.9. The molecule has 0 fully saturated rings. The maximum atomic E-state index is 9.75. The van der Waals surface area contributed by atoms with Crippen molar-refractivity contribution >= 4 is 30.5 Å². The molecule has 11 nitrogen and oxygen atoms in total. The van der Waals surface area contributed by atoms with Gasteiger partial charge in [-0.15, -0.1) is 9.97 Å². The zero-order valence-electron chi connectivity index (χ0n) is 24.1. The molecule has 8 bridgehead atoms. The average molecular weight is 660 g/mol. The van der Waals surface area contributed by atoms with E-state index in [0.29, 0.717) is 23.0 Å². The van der Waals surface area contributed by atoms with E-state index in [9.17, 15) is 17.3 Å². The van der Waals surface area contributed by atoms with E-state index in [4.69, 9.17) is 42.1 Å². The lowest BCUT2D eigenvalue weighted by molar-refractivity contribution is -0.921. The maximum Gasteiger partial charge on any atom is 0.673 e. The molecular formula is C26H28BCl2F4N7O4. The highest BCUT2D eigenvalue weighted by atomic mass is 35.5. The van der Waals surface area contributed by atoms with E-state index in [1.165, 1.54) is 30.7 Å². The van der Waals surface area contributed by atoms with Crippen molar-refractivity contribution in [3.05, 3.63) is 59.1 Å². The Labute approximate surface area is 260 Å². The van der Waals surface area contributed by atoms with Gasteiger partial charge in [-0.2, -0.15) is 19.9 Å². The van der Waals surface area contributed by atoms with E-state index in [1.54, 1.807) is 48.5 Å². The molecule has 3 heterocycles. The smallest absolute Gasteiger partial charge is 0.424 e. The van der Waals surface area contributed by atoms with Gasteiger partial charge in [0.05, 0.1) is 26.2 Å². The third-order valence-electron chi connectivity index (χ3n) is 6.27. The molecule has 18 heteroatoms. The molecule has 0 aliphatic carbocycles. The molecule has 0 saturated carbocycles. The van der Waals surface area contributed by atoms with Gasteiger partial charge in [0.2, 0.25) is 10.6 Å². The average Bonchev–Trinajstić information content (AvgIpc) is 2.93. The van der Waals surface area contributed by atoms with Gasteiger partial charge in [-0.1, -0.05) is 12.1 Å². The van der Waals surface area contributed by atoms with Crippen LogP contribution < -0.4 is 18.9 Å². The molecule has 2 aromatic carbocycles. The Morgan fingerprint density at radius 1 is 0.545 bits per heavy atom. The molecule has 0 atom stereocenters. The van der Waals surface area contributed by atoms with Gasteiger partial charge in [-0.3, -0.25) is 0 Å². The second kappa shape index (κ2) is 15.6. The van der Waals surface area contributed by atoms with Gasteiger partial charge in [0.15, 0.2) is 0 Å². The molecule has 2 aromatic heterocycles. The first-order chi connectivity index (χ1) is 20.8. The summed E-state index contributed by atoms with van der Waals surface area (Å²) in [5, 5.41) is -0.198. The summed E-state index contributed by atoms with van der Waals surface area (Å²) in [6.07, 6.45) is 0. The highest BCUT2D eigenvalue weighted by molar-refractivity contribution is 6.50. The number of nitrogens with zero attached hydrogens (tertiary/aromatic N) is 7. The molecule has 4 aromatic rings. The van der Waals surface area contributed by atoms with Crippen LogP contribution in [0.1, 0.15) is 27.7 Å². The molecule has 1 aliphatic rings. The Balaban J connectivity index is 0.000000317. The van der Waals surface area contributed by atoms with E-state index in [2.05, 4.69) is 57.6 Å². The highest BCUT2D eigenvalue weighted by Crippen LogP contribution is 2.31. The van der Waals surface area contributed by atoms with Crippen LogP contribution >= 0.6 is 23.2 Å². The summed E-state index contributed by atoms with van der Waals surface area (Å²) in [4.78, 5) is 24.0. The third kappa shape index (κ3) is 11.2. The number of fused-ring (bicyclic) bond motifs is 8. The van der Waals surface area contributed by atoms with E-state index >= 15 is 0 Å². The van der Waals surface area contributed by atoms with Crippen LogP contribution in [0.3, 0.4) is 0 Å². The normalized spacial score (nSPS) is 12.0. The van der Waals surface area contributed by atoms with Crippen LogP contribution in [0.15, 0.2) is 48.5 Å². The number of aromatic nitrogens is 6. The Morgan fingerprint density at radius 3 is 1.00 bits per heavy atom. The van der Waals surface area contributed by atoms with Crippen LogP contribution in [-0.4, -0.2) is 67.8 Å². The summed E-state index contributed by atoms with van der Waals surface area (Å²) >= 11 is 12.0. The van der Waals surface area contributed by atoms with E-state index in [-0.39, 0.29) is 34.6 Å². The largest absolute Gasteiger partial charge is 0.673 e. The number of benzene rings is 2. The Morgan fingerprint density at radius 2 is 0.795 bits per heavy atom. The first-order valence-electron chi connectivity index (χ1n) is 13.3. The zero-order chi connectivity index (χ0) is 32.3. The van der Waals surface area contributed by atoms with Crippen molar-refractivity contribution in [2.24, 2.45) is 0 Å². The van der Waals surface area contributed by atoms with E-state index in [1.807, 2.05) is 0 Å². The molecule has 0 unspecified atom stereocenters. The minimum Gasteiger partial charge on any atom is -0.424 e. The third-order valence-corrected chi connectivity index (χ3v) is 6.60. The highest BCUT2D eigenvalue weighted by Gasteiger charge is 2.20. The first kappa shape index (κ1) is 34.5. The Hall–Kier alpha value is -4.02. The van der Waals surface area contributed by atoms with Gasteiger partial charge in [0, 0.05) is 12.1 Å². The number of quaternary nitrogens is 1. The molecule has 1 aliphatic heterocycles. The minimum absolute atomic E-state index is 0.0628. The van der Waals surface area contributed by atoms with Crippen LogP contribution in [0, 0.1) is 0 Å². The summed E-state index contributed by atoms with van der Waals surface area (Å²) in [5.74, 6) is 1.47. The SMILES string of the molecule is CC[N+](CC)(CC)CC.Clc1nc2nc(n1)Oc1cccc(c1)Oc1nc(Cl)nc(n1)Oc1cccc(c1)O2.F[B-](F)(F)F. The summed E-state index contributed by atoms with van der Waals surface area (Å²) in [6.45, 7) is 14.2. The molecule has 0 radical (unpaired) electrons. The summed E-state index contributed by atoms with van der Waals surface area (Å²) in [7, 11) is -6.00. The van der Waals surface area contributed by atoms with Crippen LogP contribution in [0.4, 0.5) is 17.3 Å². The standard InChI is InChI=1S/C18H8Cl2N6O4.C8H20N.BF4/c19-13-21-15-25-17(23-13)29-11-5-2-6-12(8-11)30-18-24-14(20)22-16(26-18)28-10-4-1-3-9(7-10)27-15;1-5-9(6-2,7-3)8-4;2-1(3,4)5/h1-8H;5-8H2,1-4H3;/q;+1;-1. The molecule has 0 N–H and O–H groups in total. The maximum absolute atomic E-state index is 9.75. The van der Waals surface area contributed by atoms with Crippen molar-refractivity contribution in [3.63, 3.8) is 0 Å². The first-order valence-corrected chi connectivity index (χ1v) is 14.1. The van der Waals surface area contributed by atoms with Gasteiger partial charge in [0.25, 0.3) is 0 Å². The van der Waals surface area contributed by atoms with E-state index in [0.717, 1.165) is 0 Å². The fourth-order valence-corrected chi connectivity index (χ4v) is 4.07. The van der Waals surface area contributed by atoms with Crippen molar-refractivity contribution in [2.45, 2.75) is 27.7 Å². The van der Waals surface area contributed by atoms with Gasteiger partial charge in [-0.25, -0.2) is 0 Å². The van der Waals surface area contributed by atoms with Crippen molar-refractivity contribution in [1.29, 1.82) is 0 Å². The quantitative estimate of drug-likeness (QED) is 0.107. The topological polar surface area (TPSA) is 114 Å². The van der Waals surface area contributed by atoms with E-state index < -0.39 is 7.25 Å². The summed E-state index contributed by atoms with van der Waals surface area (Å²) in [5.41, 5.74) is 0. The minimum atomic E-state index is -6.00. The van der Waals surface area contributed by atoms with Gasteiger partial charge < -0.3 is 40.7 Å². The fraction of sp³-hybridized carbons (Fsp3) is 0.308. The molecule has 0 spiro atoms. The molecule has 44 heavy (non-hydrogen) atoms. The predicted octanol–water partition coefficient (Wildman–Crippen LogP) is 8.03. The van der Waals surface area contributed by atoms with Crippen LogP contribution in [0.2, 0.25) is 10.6 Å². The number of rotatable bonds is 4. The zero-order valence-corrected chi connectivity index (χ0v) is 25.6. The van der Waals surface area contributed by atoms with Crippen LogP contribution in [-0.2, 0) is 0 Å². The molecular weight excluding hydrogens is 632 g/mol. The van der Waals surface area contributed by atoms with Crippen molar-refractivity contribution < 1.29 is 40.7 Å². The molecule has 5 rings (SSSR count). The van der Waals surface area contributed by atoms with Crippen LogP contribution in [0.25, 0.3) is 0 Å². The number of hydrogen-bond donors (Lipinski definition) is 0. The van der Waals surface area contributed by atoms with Gasteiger partial charge in [0.1, 0.15) is 23.0 Å². The molecule has 0 saturated heterocycles. The van der Waals surface area contributed by atoms with Crippen LogP contribution in [0.5, 0.6) is 47.0 Å². The van der Waals surface area contributed by atoms with Crippen molar-refractivity contribution in [1.82, 2.24) is 29.9 Å². The fourth-order valence-electron chi connectivity index (χ4n) is 3.78. The lowest BCUT2D eigenvalue weighted by Gasteiger charge is -2.34. The predicted molar refractivity (Wildman–Crippen MR) is 155 cm³/mol. The number of ether oxygens (including phenoxy) is 4. The Kier molecular flexibility index (Phi) is 12.2. The second-order valence-corrected chi connectivity index (χ2v) is 9.47. The summed E-state index contributed by atoms with van der Waals surface area (Å²) in [6, 6.07) is 13.0. The van der Waals surface area contributed by atoms with Gasteiger partial charge in [-0.05, 0) is 75.2 Å². The van der Waals surface area contributed by atoms with Crippen molar-refractivity contribution in [2.75, 3.05) is 26.2 Å². The Bertz CT molecular complexity index is 1340. The molecule has 236 valence electrons. The number of hydrogen-bond acceptors (Lipinski definition) is 10. The number of halogens is 6. The lowest BCUT2D eigenvalue weighted by atomic mass is 10.3. The second-order valence-electron chi connectivity index (χ2n) is 8.80. The lowest BCUT2D eigenvalue weighted by Crippen LogP contribution is -2.47. The van der Waals surface area contributed by atoms with Gasteiger partial charge >= 0.3 is 31.3 Å². The molecule has 0 amide bonds.